The number of aliphatic hydroxyl groups is 1. The van der Waals surface area contributed by atoms with Crippen LogP contribution in [-0.4, -0.2) is 66.1 Å². The average Bonchev–Trinajstić information content (AvgIpc) is 2.93. The summed E-state index contributed by atoms with van der Waals surface area (Å²) in [5.41, 5.74) is 2.00. The van der Waals surface area contributed by atoms with Gasteiger partial charge >= 0.3 is 5.97 Å². The largest absolute Gasteiger partial charge is 0.480 e. The summed E-state index contributed by atoms with van der Waals surface area (Å²) in [6.07, 6.45) is 2.36. The van der Waals surface area contributed by atoms with E-state index in [1.54, 1.807) is 24.0 Å². The number of aliphatic carboxylic acids is 1. The van der Waals surface area contributed by atoms with E-state index in [4.69, 9.17) is 5.11 Å². The molecule has 1 amide bonds. The molecule has 3 aromatic rings. The number of sulfonamides is 1. The number of anilines is 2. The lowest BCUT2D eigenvalue weighted by Gasteiger charge is -2.32. The Morgan fingerprint density at radius 3 is 2.30 bits per heavy atom. The van der Waals surface area contributed by atoms with Crippen molar-refractivity contribution in [2.24, 2.45) is 0 Å². The van der Waals surface area contributed by atoms with E-state index >= 15 is 0 Å². The topological polar surface area (TPSA) is 149 Å². The lowest BCUT2D eigenvalue weighted by Crippen LogP contribution is -2.43. The highest BCUT2D eigenvalue weighted by Gasteiger charge is 2.30. The molecule has 212 valence electrons. The van der Waals surface area contributed by atoms with Gasteiger partial charge in [-0.05, 0) is 67.1 Å². The second kappa shape index (κ2) is 12.1. The predicted molar refractivity (Wildman–Crippen MR) is 142 cm³/mol. The van der Waals surface area contributed by atoms with Crippen LogP contribution in [0.1, 0.15) is 40.2 Å². The van der Waals surface area contributed by atoms with Gasteiger partial charge in [-0.25, -0.2) is 22.2 Å². The van der Waals surface area contributed by atoms with Crippen molar-refractivity contribution in [2.45, 2.75) is 36.8 Å². The number of aromatic nitrogens is 1. The van der Waals surface area contributed by atoms with Gasteiger partial charge in [0.2, 0.25) is 0 Å². The predicted octanol–water partition coefficient (Wildman–Crippen LogP) is 3.16. The molecule has 1 atom stereocenters. The van der Waals surface area contributed by atoms with Crippen LogP contribution in [0.15, 0.2) is 59.8 Å². The van der Waals surface area contributed by atoms with Gasteiger partial charge in [0.25, 0.3) is 15.9 Å². The molecule has 13 heteroatoms. The summed E-state index contributed by atoms with van der Waals surface area (Å²) in [5.74, 6) is -2.65. The fourth-order valence-electron chi connectivity index (χ4n) is 4.50. The van der Waals surface area contributed by atoms with Crippen LogP contribution in [0.4, 0.5) is 20.2 Å². The molecule has 2 heterocycles. The van der Waals surface area contributed by atoms with Gasteiger partial charge in [0.05, 0.1) is 17.9 Å². The number of pyridine rings is 1. The lowest BCUT2D eigenvalue weighted by molar-refractivity contribution is -0.139. The number of piperidine rings is 1. The van der Waals surface area contributed by atoms with E-state index in [2.05, 4.69) is 10.3 Å². The Hall–Kier alpha value is -3.94. The molecule has 2 aromatic carbocycles. The highest BCUT2D eigenvalue weighted by Crippen LogP contribution is 2.31. The molecular weight excluding hydrogens is 546 g/mol. The van der Waals surface area contributed by atoms with E-state index < -0.39 is 45.4 Å². The number of amides is 1. The van der Waals surface area contributed by atoms with Crippen molar-refractivity contribution in [3.63, 3.8) is 0 Å². The monoisotopic (exact) mass is 574 g/mol. The number of aryl methyl sites for hydroxylation is 1. The van der Waals surface area contributed by atoms with Gasteiger partial charge in [-0.3, -0.25) is 9.59 Å². The van der Waals surface area contributed by atoms with Crippen molar-refractivity contribution in [1.82, 2.24) is 14.6 Å². The fourth-order valence-corrected chi connectivity index (χ4v) is 5.64. The third kappa shape index (κ3) is 6.61. The van der Waals surface area contributed by atoms with E-state index in [1.807, 2.05) is 4.72 Å². The van der Waals surface area contributed by atoms with Gasteiger partial charge < -0.3 is 20.4 Å². The number of carboxylic acids is 1. The van der Waals surface area contributed by atoms with E-state index in [0.29, 0.717) is 37.2 Å². The summed E-state index contributed by atoms with van der Waals surface area (Å²) in [6, 6.07) is 9.45. The van der Waals surface area contributed by atoms with Gasteiger partial charge in [0.1, 0.15) is 17.7 Å². The molecule has 1 unspecified atom stereocenters. The molecule has 0 radical (unpaired) electrons. The Morgan fingerprint density at radius 2 is 1.70 bits per heavy atom. The van der Waals surface area contributed by atoms with Crippen molar-refractivity contribution in [3.05, 3.63) is 83.1 Å². The summed E-state index contributed by atoms with van der Waals surface area (Å²) >= 11 is 0. The van der Waals surface area contributed by atoms with Gasteiger partial charge in [0.15, 0.2) is 5.03 Å². The molecule has 1 fully saturated rings. The quantitative estimate of drug-likeness (QED) is 0.305. The molecule has 4 N–H and O–H groups in total. The van der Waals surface area contributed by atoms with Crippen LogP contribution in [0.3, 0.4) is 0 Å². The highest BCUT2D eigenvalue weighted by molar-refractivity contribution is 7.89. The summed E-state index contributed by atoms with van der Waals surface area (Å²) in [7, 11) is -4.51. The maximum absolute atomic E-state index is 13.7. The molecule has 1 saturated heterocycles. The van der Waals surface area contributed by atoms with Crippen LogP contribution >= 0.6 is 0 Å². The number of nitrogens with zero attached hydrogens (tertiary/aromatic N) is 2. The third-order valence-electron chi connectivity index (χ3n) is 6.74. The standard InChI is InChI=1S/C27H28F2N4O6S/c1-16-12-20(29)6-7-22(16)31-23-13-25(40(38,39)32-24(15-34)27(36)37)30-14-21(23)26(35)33-10-8-18(9-11-33)17-2-4-19(28)5-3-17/h2-7,12-14,18,24,32,34H,8-11,15H2,1H3,(H,30,31)(H,36,37). The van der Waals surface area contributed by atoms with Crippen LogP contribution in [-0.2, 0) is 14.8 Å². The molecule has 0 saturated carbocycles. The molecule has 10 nitrogen and oxygen atoms in total. The number of rotatable bonds is 9. The van der Waals surface area contributed by atoms with Crippen molar-refractivity contribution in [2.75, 3.05) is 25.0 Å². The molecule has 0 aliphatic carbocycles. The molecule has 0 bridgehead atoms. The molecule has 1 aliphatic rings. The van der Waals surface area contributed by atoms with Gasteiger partial charge in [-0.2, -0.15) is 4.72 Å². The Labute approximate surface area is 229 Å². The van der Waals surface area contributed by atoms with Gasteiger partial charge in [-0.1, -0.05) is 12.1 Å². The maximum atomic E-state index is 13.7. The maximum Gasteiger partial charge on any atom is 0.324 e. The highest BCUT2D eigenvalue weighted by atomic mass is 32.2. The molecule has 0 spiro atoms. The van der Waals surface area contributed by atoms with Crippen molar-refractivity contribution in [1.29, 1.82) is 0 Å². The second-order valence-corrected chi connectivity index (χ2v) is 11.1. The van der Waals surface area contributed by atoms with Gasteiger partial charge in [-0.15, -0.1) is 0 Å². The Morgan fingerprint density at radius 1 is 1.05 bits per heavy atom. The average molecular weight is 575 g/mol. The van der Waals surface area contributed by atoms with Crippen LogP contribution in [0, 0.1) is 18.6 Å². The Bertz CT molecular complexity index is 1510. The minimum Gasteiger partial charge on any atom is -0.480 e. The zero-order valence-electron chi connectivity index (χ0n) is 21.5. The summed E-state index contributed by atoms with van der Waals surface area (Å²) in [4.78, 5) is 30.3. The number of hydrogen-bond donors (Lipinski definition) is 4. The Balaban J connectivity index is 1.63. The summed E-state index contributed by atoms with van der Waals surface area (Å²) < 4.78 is 54.6. The zero-order valence-corrected chi connectivity index (χ0v) is 22.3. The normalized spacial score (nSPS) is 15.1. The first-order valence-corrected chi connectivity index (χ1v) is 13.9. The van der Waals surface area contributed by atoms with E-state index in [1.165, 1.54) is 30.3 Å². The van der Waals surface area contributed by atoms with Crippen molar-refractivity contribution in [3.8, 4) is 0 Å². The Kier molecular flexibility index (Phi) is 8.76. The van der Waals surface area contributed by atoms with Crippen molar-refractivity contribution < 1.29 is 37.0 Å². The molecule has 1 aliphatic heterocycles. The number of likely N-dealkylation sites (tertiary alicyclic amines) is 1. The first-order valence-electron chi connectivity index (χ1n) is 12.4. The van der Waals surface area contributed by atoms with E-state index in [9.17, 15) is 31.9 Å². The molecule has 4 rings (SSSR count). The van der Waals surface area contributed by atoms with E-state index in [-0.39, 0.29) is 23.0 Å². The molecule has 40 heavy (non-hydrogen) atoms. The minimum absolute atomic E-state index is 0.0554. The van der Waals surface area contributed by atoms with Crippen molar-refractivity contribution >= 4 is 33.3 Å². The second-order valence-electron chi connectivity index (χ2n) is 9.47. The number of carbonyl (C=O) groups is 2. The zero-order chi connectivity index (χ0) is 29.0. The molecule has 1 aromatic heterocycles. The number of aliphatic hydroxyl groups excluding tert-OH is 1. The van der Waals surface area contributed by atoms with Gasteiger partial charge in [0, 0.05) is 31.0 Å². The number of carbonyl (C=O) groups excluding carboxylic acids is 1. The lowest BCUT2D eigenvalue weighted by atomic mass is 9.89. The minimum atomic E-state index is -4.51. The van der Waals surface area contributed by atoms with Crippen LogP contribution in [0.25, 0.3) is 0 Å². The SMILES string of the molecule is Cc1cc(F)ccc1Nc1cc(S(=O)(=O)NC(CO)C(=O)O)ncc1C(=O)N1CCC(c2ccc(F)cc2)CC1. The first-order chi connectivity index (χ1) is 19.0. The van der Waals surface area contributed by atoms with Crippen LogP contribution in [0.5, 0.6) is 0 Å². The summed E-state index contributed by atoms with van der Waals surface area (Å²) in [5, 5.41) is 20.8. The number of nitrogens with one attached hydrogen (secondary N) is 2. The van der Waals surface area contributed by atoms with Crippen LogP contribution < -0.4 is 10.0 Å². The fraction of sp³-hybridized carbons (Fsp3) is 0.296. The summed E-state index contributed by atoms with van der Waals surface area (Å²) in [6.45, 7) is 1.44. The number of hydrogen-bond acceptors (Lipinski definition) is 7. The number of halogens is 2. The number of benzene rings is 2. The van der Waals surface area contributed by atoms with Crippen LogP contribution in [0.2, 0.25) is 0 Å². The van der Waals surface area contributed by atoms with E-state index in [0.717, 1.165) is 17.8 Å². The molecular formula is C27H28F2N4O6S. The number of carboxylic acid groups (broad SMARTS) is 1. The smallest absolute Gasteiger partial charge is 0.324 e. The third-order valence-corrected chi connectivity index (χ3v) is 8.11. The first kappa shape index (κ1) is 29.1.